The lowest BCUT2D eigenvalue weighted by molar-refractivity contribution is -0.0236. The van der Waals surface area contributed by atoms with Crippen LogP contribution in [-0.2, 0) is 10.2 Å². The first-order valence-corrected chi connectivity index (χ1v) is 11.6. The number of carbonyl (C=O) groups is 1. The number of hydrogen-bond acceptors (Lipinski definition) is 5. The number of nitrogens with one attached hydrogen (secondary N) is 1. The smallest absolute Gasteiger partial charge is 0.251 e. The van der Waals surface area contributed by atoms with Gasteiger partial charge in [-0.3, -0.25) is 9.69 Å². The van der Waals surface area contributed by atoms with E-state index in [4.69, 9.17) is 9.47 Å². The van der Waals surface area contributed by atoms with E-state index in [9.17, 15) is 9.90 Å². The van der Waals surface area contributed by atoms with Gasteiger partial charge in [0.2, 0.25) is 0 Å². The predicted molar refractivity (Wildman–Crippen MR) is 124 cm³/mol. The second-order valence-electron chi connectivity index (χ2n) is 8.92. The molecule has 1 aliphatic carbocycles. The normalized spacial score (nSPS) is 26.8. The molecule has 0 spiro atoms. The van der Waals surface area contributed by atoms with E-state index >= 15 is 0 Å². The van der Waals surface area contributed by atoms with Gasteiger partial charge in [-0.15, -0.1) is 0 Å². The first-order valence-electron chi connectivity index (χ1n) is 11.6. The number of aliphatic hydroxyl groups excluding tert-OH is 1. The second-order valence-corrected chi connectivity index (χ2v) is 8.92. The maximum Gasteiger partial charge on any atom is 0.251 e. The number of benzene rings is 2. The third-order valence-electron chi connectivity index (χ3n) is 7.10. The van der Waals surface area contributed by atoms with Gasteiger partial charge in [-0.2, -0.15) is 0 Å². The van der Waals surface area contributed by atoms with Crippen LogP contribution in [0.4, 0.5) is 0 Å². The van der Waals surface area contributed by atoms with E-state index in [1.807, 2.05) is 18.2 Å². The molecule has 32 heavy (non-hydrogen) atoms. The molecule has 2 aromatic rings. The van der Waals surface area contributed by atoms with Crippen LogP contribution in [0.25, 0.3) is 0 Å². The molecule has 6 nitrogen and oxygen atoms in total. The molecule has 2 fully saturated rings. The Balaban J connectivity index is 1.53. The molecule has 1 saturated carbocycles. The van der Waals surface area contributed by atoms with Crippen molar-refractivity contribution in [3.63, 3.8) is 0 Å². The van der Waals surface area contributed by atoms with Gasteiger partial charge in [-0.05, 0) is 49.4 Å². The molecule has 4 rings (SSSR count). The van der Waals surface area contributed by atoms with Crippen molar-refractivity contribution < 1.29 is 19.4 Å². The zero-order valence-electron chi connectivity index (χ0n) is 18.8. The SMILES string of the molecule is COc1cccc(C(=O)NC[C@]2(c3ccccc3)CC[C@@H](O)[C@H](N3CCOCC3)CC2)c1. The van der Waals surface area contributed by atoms with Crippen molar-refractivity contribution in [1.29, 1.82) is 0 Å². The number of ether oxygens (including phenoxy) is 2. The monoisotopic (exact) mass is 438 g/mol. The molecule has 172 valence electrons. The van der Waals surface area contributed by atoms with E-state index in [2.05, 4.69) is 34.5 Å². The van der Waals surface area contributed by atoms with Crippen molar-refractivity contribution in [3.8, 4) is 5.75 Å². The fraction of sp³-hybridized carbons (Fsp3) is 0.500. The van der Waals surface area contributed by atoms with Crippen LogP contribution in [0, 0.1) is 0 Å². The highest BCUT2D eigenvalue weighted by Gasteiger charge is 2.40. The molecule has 2 aliphatic rings. The molecule has 2 N–H and O–H groups in total. The Hall–Kier alpha value is -2.41. The number of methoxy groups -OCH3 is 1. The minimum atomic E-state index is -0.368. The molecular weight excluding hydrogens is 404 g/mol. The number of aliphatic hydroxyl groups is 1. The zero-order valence-corrected chi connectivity index (χ0v) is 18.8. The predicted octanol–water partition coefficient (Wildman–Crippen LogP) is 3.00. The average Bonchev–Trinajstić information content (AvgIpc) is 3.03. The molecule has 0 radical (unpaired) electrons. The number of amides is 1. The van der Waals surface area contributed by atoms with Gasteiger partial charge < -0.3 is 19.9 Å². The number of carbonyl (C=O) groups excluding carboxylic acids is 1. The summed E-state index contributed by atoms with van der Waals surface area (Å²) in [5.74, 6) is 0.565. The summed E-state index contributed by atoms with van der Waals surface area (Å²) in [6, 6.07) is 17.8. The van der Waals surface area contributed by atoms with E-state index in [1.54, 1.807) is 19.2 Å². The zero-order chi connectivity index (χ0) is 22.4. The lowest BCUT2D eigenvalue weighted by Gasteiger charge is -2.37. The number of hydrogen-bond donors (Lipinski definition) is 2. The quantitative estimate of drug-likeness (QED) is 0.679. The van der Waals surface area contributed by atoms with Crippen LogP contribution in [0.1, 0.15) is 41.6 Å². The molecule has 0 bridgehead atoms. The fourth-order valence-corrected chi connectivity index (χ4v) is 5.17. The Kier molecular flexibility index (Phi) is 7.45. The standard InChI is InChI=1S/C26H34N2O4/c1-31-22-9-5-6-20(18-22)25(30)27-19-26(21-7-3-2-4-8-21)12-10-23(24(29)11-13-26)28-14-16-32-17-15-28/h2-9,18,23-24,29H,10-17,19H2,1H3,(H,27,30)/t23-,24-,26-/m1/s1. The molecule has 1 aliphatic heterocycles. The van der Waals surface area contributed by atoms with Gasteiger partial charge >= 0.3 is 0 Å². The molecule has 1 saturated heterocycles. The first kappa shape index (κ1) is 22.8. The first-order chi connectivity index (χ1) is 15.6. The van der Waals surface area contributed by atoms with Gasteiger partial charge in [0, 0.05) is 36.7 Å². The van der Waals surface area contributed by atoms with E-state index in [1.165, 1.54) is 5.56 Å². The molecular formula is C26H34N2O4. The maximum atomic E-state index is 13.0. The fourth-order valence-electron chi connectivity index (χ4n) is 5.17. The minimum Gasteiger partial charge on any atom is -0.497 e. The van der Waals surface area contributed by atoms with Crippen molar-refractivity contribution in [2.24, 2.45) is 0 Å². The lowest BCUT2D eigenvalue weighted by atomic mass is 9.74. The molecule has 1 amide bonds. The Morgan fingerprint density at radius 2 is 1.88 bits per heavy atom. The summed E-state index contributed by atoms with van der Waals surface area (Å²) >= 11 is 0. The van der Waals surface area contributed by atoms with Crippen LogP contribution >= 0.6 is 0 Å². The number of rotatable bonds is 6. The van der Waals surface area contributed by atoms with Crippen molar-refractivity contribution in [2.75, 3.05) is 40.0 Å². The Labute approximate surface area is 190 Å². The molecule has 3 atom stereocenters. The number of morpholine rings is 1. The summed E-state index contributed by atoms with van der Waals surface area (Å²) in [4.78, 5) is 15.3. The van der Waals surface area contributed by atoms with Gasteiger partial charge in [-0.1, -0.05) is 36.4 Å². The van der Waals surface area contributed by atoms with Gasteiger partial charge in [0.25, 0.3) is 5.91 Å². The maximum absolute atomic E-state index is 13.0. The number of nitrogens with zero attached hydrogens (tertiary/aromatic N) is 1. The van der Waals surface area contributed by atoms with Crippen LogP contribution < -0.4 is 10.1 Å². The average molecular weight is 439 g/mol. The molecule has 0 aromatic heterocycles. The summed E-state index contributed by atoms with van der Waals surface area (Å²) in [5.41, 5.74) is 1.60. The van der Waals surface area contributed by atoms with Crippen LogP contribution in [0.5, 0.6) is 5.75 Å². The highest BCUT2D eigenvalue weighted by Crippen LogP contribution is 2.39. The van der Waals surface area contributed by atoms with Crippen LogP contribution in [0.2, 0.25) is 0 Å². The van der Waals surface area contributed by atoms with E-state index in [0.29, 0.717) is 24.3 Å². The Morgan fingerprint density at radius 3 is 2.62 bits per heavy atom. The van der Waals surface area contributed by atoms with Crippen LogP contribution in [0.3, 0.4) is 0 Å². The summed E-state index contributed by atoms with van der Waals surface area (Å²) in [6.07, 6.45) is 2.98. The molecule has 2 aromatic carbocycles. The van der Waals surface area contributed by atoms with E-state index < -0.39 is 0 Å². The van der Waals surface area contributed by atoms with Crippen molar-refractivity contribution in [2.45, 2.75) is 43.2 Å². The third kappa shape index (κ3) is 5.14. The van der Waals surface area contributed by atoms with Crippen LogP contribution in [0.15, 0.2) is 54.6 Å². The molecule has 1 heterocycles. The second kappa shape index (κ2) is 10.5. The van der Waals surface area contributed by atoms with Gasteiger partial charge in [0.1, 0.15) is 5.75 Å². The summed E-state index contributed by atoms with van der Waals surface area (Å²) < 4.78 is 10.8. The van der Waals surface area contributed by atoms with E-state index in [-0.39, 0.29) is 23.5 Å². The van der Waals surface area contributed by atoms with Gasteiger partial charge in [-0.25, -0.2) is 0 Å². The highest BCUT2D eigenvalue weighted by molar-refractivity contribution is 5.94. The summed E-state index contributed by atoms with van der Waals surface area (Å²) in [5, 5.41) is 14.2. The third-order valence-corrected chi connectivity index (χ3v) is 7.10. The van der Waals surface area contributed by atoms with Gasteiger partial charge in [0.05, 0.1) is 26.4 Å². The van der Waals surface area contributed by atoms with Crippen LogP contribution in [-0.4, -0.2) is 68.0 Å². The topological polar surface area (TPSA) is 71.0 Å². The lowest BCUT2D eigenvalue weighted by Crippen LogP contribution is -2.48. The van der Waals surface area contributed by atoms with Crippen molar-refractivity contribution >= 4 is 5.91 Å². The Bertz CT molecular complexity index is 884. The van der Waals surface area contributed by atoms with Crippen molar-refractivity contribution in [3.05, 3.63) is 65.7 Å². The molecule has 6 heteroatoms. The van der Waals surface area contributed by atoms with Crippen molar-refractivity contribution in [1.82, 2.24) is 10.2 Å². The minimum absolute atomic E-state index is 0.103. The summed E-state index contributed by atoms with van der Waals surface area (Å²) in [7, 11) is 1.60. The largest absolute Gasteiger partial charge is 0.497 e. The highest BCUT2D eigenvalue weighted by atomic mass is 16.5. The van der Waals surface area contributed by atoms with E-state index in [0.717, 1.165) is 45.6 Å². The summed E-state index contributed by atoms with van der Waals surface area (Å²) in [6.45, 7) is 3.72. The Morgan fingerprint density at radius 1 is 1.12 bits per heavy atom. The molecule has 0 unspecified atom stereocenters. The van der Waals surface area contributed by atoms with Gasteiger partial charge in [0.15, 0.2) is 0 Å².